The molecule has 0 unspecified atom stereocenters. The monoisotopic (exact) mass is 313 g/mol. The Bertz CT molecular complexity index is 585. The van der Waals surface area contributed by atoms with Crippen LogP contribution in [0, 0.1) is 5.82 Å². The Hall–Kier alpha value is -1.76. The van der Waals surface area contributed by atoms with Crippen molar-refractivity contribution in [1.82, 2.24) is 15.2 Å². The summed E-state index contributed by atoms with van der Waals surface area (Å²) in [6.07, 6.45) is 0. The van der Waals surface area contributed by atoms with E-state index in [2.05, 4.69) is 31.1 Å². The maximum absolute atomic E-state index is 13.3. The summed E-state index contributed by atoms with van der Waals surface area (Å²) in [5, 5.41) is 6.29. The third-order valence-corrected chi connectivity index (χ3v) is 2.78. The number of rotatable bonds is 3. The Morgan fingerprint density at radius 1 is 1.56 bits per heavy atom. The fraction of sp³-hybridized carbons (Fsp3) is 0.182. The van der Waals surface area contributed by atoms with Crippen molar-refractivity contribution in [3.63, 3.8) is 0 Å². The number of aromatic amines is 1. The molecule has 0 radical (unpaired) electrons. The highest BCUT2D eigenvalue weighted by Gasteiger charge is 2.14. The summed E-state index contributed by atoms with van der Waals surface area (Å²) in [5.41, 5.74) is 0.475. The van der Waals surface area contributed by atoms with E-state index in [0.717, 1.165) is 0 Å². The predicted octanol–water partition coefficient (Wildman–Crippen LogP) is 2.55. The van der Waals surface area contributed by atoms with E-state index in [1.54, 1.807) is 19.1 Å². The maximum Gasteiger partial charge on any atom is 0.375 e. The van der Waals surface area contributed by atoms with Gasteiger partial charge in [0.25, 0.3) is 0 Å². The minimum Gasteiger partial charge on any atom is -0.460 e. The average Bonchev–Trinajstić information content (AvgIpc) is 2.82. The quantitative estimate of drug-likeness (QED) is 0.884. The molecule has 0 bridgehead atoms. The number of aromatic nitrogens is 3. The van der Waals surface area contributed by atoms with Gasteiger partial charge in [0.1, 0.15) is 5.82 Å². The van der Waals surface area contributed by atoms with Crippen LogP contribution in [0.15, 0.2) is 22.7 Å². The molecule has 1 aromatic heterocycles. The second kappa shape index (κ2) is 5.26. The van der Waals surface area contributed by atoms with E-state index in [1.807, 2.05) is 0 Å². The van der Waals surface area contributed by atoms with Crippen molar-refractivity contribution in [1.29, 1.82) is 0 Å². The smallest absolute Gasteiger partial charge is 0.375 e. The Labute approximate surface area is 111 Å². The summed E-state index contributed by atoms with van der Waals surface area (Å²) < 4.78 is 18.5. The number of nitrogens with zero attached hydrogens (tertiary/aromatic N) is 2. The van der Waals surface area contributed by atoms with Crippen LogP contribution in [0.4, 0.5) is 4.39 Å². The van der Waals surface area contributed by atoms with Crippen molar-refractivity contribution >= 4 is 21.9 Å². The number of ether oxygens (including phenoxy) is 1. The lowest BCUT2D eigenvalue weighted by Gasteiger charge is -1.97. The number of hydrogen-bond acceptors (Lipinski definition) is 4. The molecule has 0 spiro atoms. The lowest BCUT2D eigenvalue weighted by atomic mass is 10.2. The van der Waals surface area contributed by atoms with E-state index < -0.39 is 11.8 Å². The average molecular weight is 314 g/mol. The van der Waals surface area contributed by atoms with Crippen molar-refractivity contribution in [3.8, 4) is 11.4 Å². The number of benzene rings is 1. The molecule has 5 nitrogen and oxygen atoms in total. The van der Waals surface area contributed by atoms with Gasteiger partial charge in [0, 0.05) is 5.56 Å². The number of hydrogen-bond donors (Lipinski definition) is 1. The number of H-pyrrole nitrogens is 1. The molecule has 0 atom stereocenters. The summed E-state index contributed by atoms with van der Waals surface area (Å²) in [6.45, 7) is 1.95. The topological polar surface area (TPSA) is 67.9 Å². The minimum absolute atomic E-state index is 0.00447. The second-order valence-corrected chi connectivity index (χ2v) is 4.21. The van der Waals surface area contributed by atoms with Crippen molar-refractivity contribution < 1.29 is 13.9 Å². The first kappa shape index (κ1) is 12.7. The molecule has 0 saturated carbocycles. The van der Waals surface area contributed by atoms with Gasteiger partial charge in [-0.05, 0) is 41.1 Å². The molecule has 2 aromatic rings. The van der Waals surface area contributed by atoms with Crippen LogP contribution in [0.5, 0.6) is 0 Å². The highest BCUT2D eigenvalue weighted by atomic mass is 79.9. The van der Waals surface area contributed by atoms with Crippen LogP contribution in [0.2, 0.25) is 0 Å². The van der Waals surface area contributed by atoms with Gasteiger partial charge in [-0.25, -0.2) is 14.2 Å². The lowest BCUT2D eigenvalue weighted by molar-refractivity contribution is 0.0512. The second-order valence-electron chi connectivity index (χ2n) is 3.36. The predicted molar refractivity (Wildman–Crippen MR) is 65.4 cm³/mol. The standard InChI is InChI=1S/C11H9BrFN3O2/c1-2-18-11(17)10-14-9(15-16-10)6-3-4-7(12)8(13)5-6/h3-5H,2H2,1H3,(H,14,15,16). The molecule has 1 aromatic carbocycles. The van der Waals surface area contributed by atoms with Crippen LogP contribution in [-0.4, -0.2) is 27.8 Å². The van der Waals surface area contributed by atoms with Crippen LogP contribution in [0.25, 0.3) is 11.4 Å². The molecule has 94 valence electrons. The number of esters is 1. The molecule has 0 aliphatic heterocycles. The molecule has 18 heavy (non-hydrogen) atoms. The van der Waals surface area contributed by atoms with E-state index in [-0.39, 0.29) is 18.3 Å². The Morgan fingerprint density at radius 3 is 3.00 bits per heavy atom. The molecule has 0 aliphatic carbocycles. The third kappa shape index (κ3) is 2.56. The van der Waals surface area contributed by atoms with E-state index in [0.29, 0.717) is 10.0 Å². The third-order valence-electron chi connectivity index (χ3n) is 2.13. The highest BCUT2D eigenvalue weighted by molar-refractivity contribution is 9.10. The van der Waals surface area contributed by atoms with Gasteiger partial charge in [0.2, 0.25) is 5.82 Å². The number of carbonyl (C=O) groups excluding carboxylic acids is 1. The van der Waals surface area contributed by atoms with Gasteiger partial charge in [-0.1, -0.05) is 0 Å². The van der Waals surface area contributed by atoms with Gasteiger partial charge in [-0.3, -0.25) is 5.10 Å². The van der Waals surface area contributed by atoms with Gasteiger partial charge in [-0.2, -0.15) is 5.10 Å². The largest absolute Gasteiger partial charge is 0.460 e. The highest BCUT2D eigenvalue weighted by Crippen LogP contribution is 2.22. The first-order valence-corrected chi connectivity index (χ1v) is 5.96. The van der Waals surface area contributed by atoms with Crippen molar-refractivity contribution in [2.75, 3.05) is 6.61 Å². The summed E-state index contributed by atoms with van der Waals surface area (Å²) in [6, 6.07) is 4.47. The number of carbonyl (C=O) groups is 1. The summed E-state index contributed by atoms with van der Waals surface area (Å²) in [7, 11) is 0. The minimum atomic E-state index is -0.589. The fourth-order valence-electron chi connectivity index (χ4n) is 1.32. The van der Waals surface area contributed by atoms with Crippen LogP contribution in [0.1, 0.15) is 17.5 Å². The van der Waals surface area contributed by atoms with Gasteiger partial charge >= 0.3 is 5.97 Å². The van der Waals surface area contributed by atoms with Crippen LogP contribution >= 0.6 is 15.9 Å². The normalized spacial score (nSPS) is 10.4. The van der Waals surface area contributed by atoms with E-state index >= 15 is 0 Å². The molecule has 0 amide bonds. The summed E-state index contributed by atoms with van der Waals surface area (Å²) in [4.78, 5) is 15.3. The van der Waals surface area contributed by atoms with E-state index in [9.17, 15) is 9.18 Å². The zero-order chi connectivity index (χ0) is 13.1. The molecule has 2 rings (SSSR count). The van der Waals surface area contributed by atoms with Gasteiger partial charge < -0.3 is 4.74 Å². The van der Waals surface area contributed by atoms with E-state index in [4.69, 9.17) is 4.74 Å². The first-order valence-electron chi connectivity index (χ1n) is 5.16. The van der Waals surface area contributed by atoms with Gasteiger partial charge in [0.05, 0.1) is 11.1 Å². The molecular weight excluding hydrogens is 305 g/mol. The zero-order valence-corrected chi connectivity index (χ0v) is 11.0. The van der Waals surface area contributed by atoms with Crippen molar-refractivity contribution in [3.05, 3.63) is 34.3 Å². The molecular formula is C11H9BrFN3O2. The summed E-state index contributed by atoms with van der Waals surface area (Å²) >= 11 is 3.05. The molecule has 1 heterocycles. The van der Waals surface area contributed by atoms with Gasteiger partial charge in [-0.15, -0.1) is 0 Å². The first-order chi connectivity index (χ1) is 8.61. The molecule has 0 aliphatic rings. The molecule has 0 fully saturated rings. The lowest BCUT2D eigenvalue weighted by Crippen LogP contribution is -2.06. The maximum atomic E-state index is 13.3. The van der Waals surface area contributed by atoms with Crippen LogP contribution in [-0.2, 0) is 4.74 Å². The zero-order valence-electron chi connectivity index (χ0n) is 9.41. The number of nitrogens with one attached hydrogen (secondary N) is 1. The Morgan fingerprint density at radius 2 is 2.33 bits per heavy atom. The molecule has 7 heteroatoms. The van der Waals surface area contributed by atoms with Crippen molar-refractivity contribution in [2.24, 2.45) is 0 Å². The Kier molecular flexibility index (Phi) is 3.71. The van der Waals surface area contributed by atoms with E-state index in [1.165, 1.54) is 6.07 Å². The van der Waals surface area contributed by atoms with Crippen LogP contribution < -0.4 is 0 Å². The molecule has 0 saturated heterocycles. The molecule has 1 N–H and O–H groups in total. The SMILES string of the molecule is CCOC(=O)c1nc(-c2ccc(Br)c(F)c2)n[nH]1. The van der Waals surface area contributed by atoms with Gasteiger partial charge in [0.15, 0.2) is 5.82 Å². The van der Waals surface area contributed by atoms with Crippen LogP contribution in [0.3, 0.4) is 0 Å². The fourth-order valence-corrected chi connectivity index (χ4v) is 1.56. The Balaban J connectivity index is 2.29. The number of halogens is 2. The van der Waals surface area contributed by atoms with Crippen molar-refractivity contribution in [2.45, 2.75) is 6.92 Å². The summed E-state index contributed by atoms with van der Waals surface area (Å²) in [5.74, 6) is -0.775.